The van der Waals surface area contributed by atoms with Gasteiger partial charge in [-0.3, -0.25) is 4.79 Å². The molecule has 13 heavy (non-hydrogen) atoms. The summed E-state index contributed by atoms with van der Waals surface area (Å²) in [5, 5.41) is 0. The minimum absolute atomic E-state index is 0.00926. The highest BCUT2D eigenvalue weighted by Crippen LogP contribution is 2.30. The summed E-state index contributed by atoms with van der Waals surface area (Å²) >= 11 is 0. The van der Waals surface area contributed by atoms with Gasteiger partial charge in [0, 0.05) is 12.5 Å². The Balaban J connectivity index is 2.31. The zero-order valence-corrected chi connectivity index (χ0v) is 8.33. The van der Waals surface area contributed by atoms with E-state index >= 15 is 0 Å². The predicted molar refractivity (Wildman–Crippen MR) is 52.9 cm³/mol. The lowest BCUT2D eigenvalue weighted by molar-refractivity contribution is -0.118. The van der Waals surface area contributed by atoms with Crippen LogP contribution in [0.1, 0.15) is 39.0 Å². The lowest BCUT2D eigenvalue weighted by atomic mass is 9.78. The lowest BCUT2D eigenvalue weighted by Gasteiger charge is -2.29. The van der Waals surface area contributed by atoms with Crippen LogP contribution in [0, 0.1) is 11.8 Å². The van der Waals surface area contributed by atoms with E-state index in [1.807, 2.05) is 0 Å². The molecule has 1 atom stereocenters. The molecule has 3 heteroatoms. The third kappa shape index (κ3) is 3.35. The Kier molecular flexibility index (Phi) is 3.72. The van der Waals surface area contributed by atoms with Crippen LogP contribution >= 0.6 is 0 Å². The van der Waals surface area contributed by atoms with Gasteiger partial charge in [-0.05, 0) is 24.7 Å². The maximum Gasteiger partial charge on any atom is 0.218 e. The van der Waals surface area contributed by atoms with Crippen LogP contribution in [0.25, 0.3) is 0 Å². The average Bonchev–Trinajstić information content (AvgIpc) is 2.04. The summed E-state index contributed by atoms with van der Waals surface area (Å²) in [6.45, 7) is 2.27. The lowest BCUT2D eigenvalue weighted by Crippen LogP contribution is -2.36. The third-order valence-electron chi connectivity index (χ3n) is 3.10. The summed E-state index contributed by atoms with van der Waals surface area (Å²) in [6, 6.07) is -0.00926. The highest BCUT2D eigenvalue weighted by atomic mass is 16.1. The molecule has 0 spiro atoms. The Labute approximate surface area is 79.9 Å². The molecule has 0 bridgehead atoms. The van der Waals surface area contributed by atoms with Gasteiger partial charge in [-0.15, -0.1) is 0 Å². The molecule has 76 valence electrons. The molecular formula is C10H20N2O. The van der Waals surface area contributed by atoms with Gasteiger partial charge in [0.25, 0.3) is 0 Å². The zero-order valence-electron chi connectivity index (χ0n) is 8.33. The van der Waals surface area contributed by atoms with E-state index in [0.29, 0.717) is 12.3 Å². The summed E-state index contributed by atoms with van der Waals surface area (Å²) in [7, 11) is 0. The summed E-state index contributed by atoms with van der Waals surface area (Å²) in [5.41, 5.74) is 11.0. The fourth-order valence-electron chi connectivity index (χ4n) is 2.11. The number of rotatable bonds is 3. The summed E-state index contributed by atoms with van der Waals surface area (Å²) in [4.78, 5) is 10.7. The normalized spacial score (nSPS) is 31.2. The Bertz CT molecular complexity index is 174. The number of carbonyl (C=O) groups excluding carboxylic acids is 1. The first-order valence-electron chi connectivity index (χ1n) is 5.13. The third-order valence-corrected chi connectivity index (χ3v) is 3.10. The van der Waals surface area contributed by atoms with E-state index in [4.69, 9.17) is 11.5 Å². The summed E-state index contributed by atoms with van der Waals surface area (Å²) < 4.78 is 0. The first-order chi connectivity index (χ1) is 6.09. The molecule has 1 fully saturated rings. The van der Waals surface area contributed by atoms with Gasteiger partial charge in [-0.2, -0.15) is 0 Å². The molecule has 1 saturated carbocycles. The van der Waals surface area contributed by atoms with Crippen molar-refractivity contribution in [2.24, 2.45) is 23.3 Å². The van der Waals surface area contributed by atoms with Crippen LogP contribution in [-0.4, -0.2) is 11.9 Å². The van der Waals surface area contributed by atoms with Crippen LogP contribution in [0.4, 0.5) is 0 Å². The van der Waals surface area contributed by atoms with Gasteiger partial charge < -0.3 is 11.5 Å². The van der Waals surface area contributed by atoms with E-state index < -0.39 is 0 Å². The van der Waals surface area contributed by atoms with Crippen LogP contribution in [-0.2, 0) is 4.79 Å². The Morgan fingerprint density at radius 1 is 1.38 bits per heavy atom. The van der Waals surface area contributed by atoms with E-state index in [-0.39, 0.29) is 11.9 Å². The second-order valence-electron chi connectivity index (χ2n) is 4.35. The number of hydrogen-bond acceptors (Lipinski definition) is 2. The number of amides is 1. The molecule has 0 saturated heterocycles. The Hall–Kier alpha value is -0.570. The van der Waals surface area contributed by atoms with E-state index in [2.05, 4.69) is 6.92 Å². The van der Waals surface area contributed by atoms with Gasteiger partial charge in [0.1, 0.15) is 0 Å². The first-order valence-corrected chi connectivity index (χ1v) is 5.13. The minimum atomic E-state index is -0.272. The van der Waals surface area contributed by atoms with Crippen molar-refractivity contribution in [3.8, 4) is 0 Å². The molecule has 0 aromatic rings. The standard InChI is InChI=1S/C10H20N2O/c1-7-2-4-8(5-3-7)9(11)6-10(12)13/h7-9H,2-6,11H2,1H3,(H2,12,13)/t7?,8?,9-/m1/s1. The molecule has 1 rings (SSSR count). The van der Waals surface area contributed by atoms with Gasteiger partial charge in [-0.25, -0.2) is 0 Å². The van der Waals surface area contributed by atoms with Crippen molar-refractivity contribution in [2.75, 3.05) is 0 Å². The molecule has 0 heterocycles. The van der Waals surface area contributed by atoms with Gasteiger partial charge in [0.05, 0.1) is 0 Å². The van der Waals surface area contributed by atoms with Gasteiger partial charge in [-0.1, -0.05) is 19.8 Å². The van der Waals surface area contributed by atoms with Crippen molar-refractivity contribution < 1.29 is 4.79 Å². The van der Waals surface area contributed by atoms with E-state index in [1.54, 1.807) is 0 Å². The highest BCUT2D eigenvalue weighted by molar-refractivity contribution is 5.74. The maximum absolute atomic E-state index is 10.7. The largest absolute Gasteiger partial charge is 0.370 e. The monoisotopic (exact) mass is 184 g/mol. The number of hydrogen-bond donors (Lipinski definition) is 2. The zero-order chi connectivity index (χ0) is 9.84. The second kappa shape index (κ2) is 4.61. The highest BCUT2D eigenvalue weighted by Gasteiger charge is 2.24. The van der Waals surface area contributed by atoms with Crippen molar-refractivity contribution in [3.05, 3.63) is 0 Å². The van der Waals surface area contributed by atoms with E-state index in [1.165, 1.54) is 12.8 Å². The molecule has 4 N–H and O–H groups in total. The SMILES string of the molecule is CC1CCC([C@H](N)CC(N)=O)CC1. The first kappa shape index (κ1) is 10.5. The molecular weight excluding hydrogens is 164 g/mol. The van der Waals surface area contributed by atoms with Crippen LogP contribution in [0.2, 0.25) is 0 Å². The molecule has 0 radical (unpaired) electrons. The van der Waals surface area contributed by atoms with Crippen LogP contribution in [0.5, 0.6) is 0 Å². The van der Waals surface area contributed by atoms with E-state index in [0.717, 1.165) is 18.8 Å². The van der Waals surface area contributed by atoms with Crippen molar-refractivity contribution in [2.45, 2.75) is 45.1 Å². The maximum atomic E-state index is 10.7. The fraction of sp³-hybridized carbons (Fsp3) is 0.900. The Morgan fingerprint density at radius 3 is 2.38 bits per heavy atom. The smallest absolute Gasteiger partial charge is 0.218 e. The topological polar surface area (TPSA) is 69.1 Å². The van der Waals surface area contributed by atoms with Gasteiger partial charge in [0.2, 0.25) is 5.91 Å². The minimum Gasteiger partial charge on any atom is -0.370 e. The molecule has 1 aliphatic rings. The van der Waals surface area contributed by atoms with Crippen LogP contribution in [0.3, 0.4) is 0 Å². The second-order valence-corrected chi connectivity index (χ2v) is 4.35. The van der Waals surface area contributed by atoms with Crippen molar-refractivity contribution in [3.63, 3.8) is 0 Å². The quantitative estimate of drug-likeness (QED) is 0.687. The Morgan fingerprint density at radius 2 is 1.92 bits per heavy atom. The van der Waals surface area contributed by atoms with Gasteiger partial charge >= 0.3 is 0 Å². The van der Waals surface area contributed by atoms with Crippen molar-refractivity contribution in [1.82, 2.24) is 0 Å². The van der Waals surface area contributed by atoms with Crippen LogP contribution in [0.15, 0.2) is 0 Å². The summed E-state index contributed by atoms with van der Waals surface area (Å²) in [5.74, 6) is 1.08. The predicted octanol–water partition coefficient (Wildman–Crippen LogP) is 1.02. The number of carbonyl (C=O) groups is 1. The molecule has 0 aliphatic heterocycles. The van der Waals surface area contributed by atoms with Crippen LogP contribution < -0.4 is 11.5 Å². The van der Waals surface area contributed by atoms with E-state index in [9.17, 15) is 4.79 Å². The molecule has 0 unspecified atom stereocenters. The van der Waals surface area contributed by atoms with Gasteiger partial charge in [0.15, 0.2) is 0 Å². The van der Waals surface area contributed by atoms with Crippen molar-refractivity contribution >= 4 is 5.91 Å². The molecule has 0 aromatic heterocycles. The fourth-order valence-corrected chi connectivity index (χ4v) is 2.11. The molecule has 1 aliphatic carbocycles. The summed E-state index contributed by atoms with van der Waals surface area (Å²) in [6.07, 6.45) is 5.17. The molecule has 1 amide bonds. The van der Waals surface area contributed by atoms with Crippen molar-refractivity contribution in [1.29, 1.82) is 0 Å². The average molecular weight is 184 g/mol. The number of nitrogens with two attached hydrogens (primary N) is 2. The molecule has 3 nitrogen and oxygen atoms in total. The number of primary amides is 1. The molecule has 0 aromatic carbocycles.